The van der Waals surface area contributed by atoms with Crippen LogP contribution in [0.3, 0.4) is 0 Å². The quantitative estimate of drug-likeness (QED) is 0.280. The molecule has 0 bridgehead atoms. The van der Waals surface area contributed by atoms with Crippen molar-refractivity contribution in [3.63, 3.8) is 0 Å². The van der Waals surface area contributed by atoms with E-state index in [0.29, 0.717) is 0 Å². The van der Waals surface area contributed by atoms with Crippen LogP contribution in [0.15, 0.2) is 29.2 Å². The predicted octanol–water partition coefficient (Wildman–Crippen LogP) is 5.91. The highest BCUT2D eigenvalue weighted by Gasteiger charge is 1.97. The van der Waals surface area contributed by atoms with E-state index in [4.69, 9.17) is 4.74 Å². The number of thioether (sulfide) groups is 1. The van der Waals surface area contributed by atoms with Crippen molar-refractivity contribution in [3.05, 3.63) is 24.3 Å². The fraction of sp³-hybridized carbons (Fsp3) is 0.625. The lowest BCUT2D eigenvalue weighted by Crippen LogP contribution is -1.85. The molecule has 0 N–H and O–H groups in total. The van der Waals surface area contributed by atoms with Crippen LogP contribution >= 0.6 is 27.7 Å². The molecular weight excluding hydrogens is 320 g/mol. The third-order valence-electron chi connectivity index (χ3n) is 3.09. The first kappa shape index (κ1) is 16.9. The normalized spacial score (nSPS) is 10.6. The molecule has 0 heterocycles. The molecule has 0 atom stereocenters. The molecule has 1 nitrogen and oxygen atoms in total. The summed E-state index contributed by atoms with van der Waals surface area (Å²) in [6.07, 6.45) is 9.58. The Labute approximate surface area is 130 Å². The maximum Gasteiger partial charge on any atom is 0.119 e. The van der Waals surface area contributed by atoms with Crippen LogP contribution in [0.4, 0.5) is 0 Å². The van der Waals surface area contributed by atoms with Gasteiger partial charge in [-0.25, -0.2) is 0 Å². The van der Waals surface area contributed by atoms with Crippen LogP contribution in [0.25, 0.3) is 0 Å². The number of hydrogen-bond acceptors (Lipinski definition) is 2. The average Bonchev–Trinajstić information content (AvgIpc) is 2.46. The van der Waals surface area contributed by atoms with E-state index in [-0.39, 0.29) is 0 Å². The second-order valence-electron chi connectivity index (χ2n) is 4.69. The second-order valence-corrected chi connectivity index (χ2v) is 6.65. The molecule has 0 unspecified atom stereocenters. The lowest BCUT2D eigenvalue weighted by atomic mass is 10.1. The lowest BCUT2D eigenvalue weighted by molar-refractivity contribution is 0.413. The molecule has 1 aromatic carbocycles. The zero-order chi connectivity index (χ0) is 13.8. The fourth-order valence-corrected chi connectivity index (χ4v) is 3.32. The molecule has 0 saturated carbocycles. The smallest absolute Gasteiger partial charge is 0.119 e. The molecule has 0 aromatic heterocycles. The van der Waals surface area contributed by atoms with E-state index in [1.165, 1.54) is 55.6 Å². The van der Waals surface area contributed by atoms with Crippen molar-refractivity contribution in [3.8, 4) is 5.75 Å². The van der Waals surface area contributed by atoms with Crippen LogP contribution in [0.5, 0.6) is 5.75 Å². The van der Waals surface area contributed by atoms with Gasteiger partial charge in [0.05, 0.1) is 7.11 Å². The zero-order valence-electron chi connectivity index (χ0n) is 11.9. The number of benzene rings is 1. The second kappa shape index (κ2) is 11.7. The SMILES string of the molecule is COc1cccc(SCCCCCCCCCBr)c1. The van der Waals surface area contributed by atoms with E-state index in [1.54, 1.807) is 7.11 Å². The number of alkyl halides is 1. The first-order valence-electron chi connectivity index (χ1n) is 7.19. The van der Waals surface area contributed by atoms with Gasteiger partial charge in [-0.2, -0.15) is 0 Å². The monoisotopic (exact) mass is 344 g/mol. The molecule has 3 heteroatoms. The summed E-state index contributed by atoms with van der Waals surface area (Å²) in [5.74, 6) is 2.17. The highest BCUT2D eigenvalue weighted by atomic mass is 79.9. The molecule has 0 spiro atoms. The molecule has 1 aromatic rings. The molecule has 0 aliphatic carbocycles. The molecule has 0 amide bonds. The van der Waals surface area contributed by atoms with Gasteiger partial charge in [0.1, 0.15) is 5.75 Å². The van der Waals surface area contributed by atoms with Crippen LogP contribution in [0.1, 0.15) is 44.9 Å². The summed E-state index contributed by atoms with van der Waals surface area (Å²) in [5, 5.41) is 1.16. The van der Waals surface area contributed by atoms with Gasteiger partial charge in [0.15, 0.2) is 0 Å². The Balaban J connectivity index is 1.98. The largest absolute Gasteiger partial charge is 0.497 e. The number of rotatable bonds is 11. The lowest BCUT2D eigenvalue weighted by Gasteiger charge is -2.04. The minimum absolute atomic E-state index is 0.955. The van der Waals surface area contributed by atoms with Gasteiger partial charge in [-0.3, -0.25) is 0 Å². The van der Waals surface area contributed by atoms with Crippen molar-refractivity contribution in [2.45, 2.75) is 49.8 Å². The van der Waals surface area contributed by atoms with Gasteiger partial charge in [-0.15, -0.1) is 11.8 Å². The van der Waals surface area contributed by atoms with E-state index in [1.807, 2.05) is 17.8 Å². The predicted molar refractivity (Wildman–Crippen MR) is 89.8 cm³/mol. The molecule has 0 aliphatic rings. The van der Waals surface area contributed by atoms with Gasteiger partial charge in [-0.05, 0) is 36.8 Å². The number of halogens is 1. The summed E-state index contributed by atoms with van der Waals surface area (Å²) in [6.45, 7) is 0. The van der Waals surface area contributed by atoms with Crippen LogP contribution in [-0.4, -0.2) is 18.2 Å². The molecule has 19 heavy (non-hydrogen) atoms. The third kappa shape index (κ3) is 8.59. The Morgan fingerprint density at radius 2 is 1.68 bits per heavy atom. The Kier molecular flexibility index (Phi) is 10.4. The first-order valence-corrected chi connectivity index (χ1v) is 9.30. The maximum atomic E-state index is 5.23. The summed E-state index contributed by atoms with van der Waals surface area (Å²) in [5.41, 5.74) is 0. The minimum Gasteiger partial charge on any atom is -0.497 e. The molecule has 0 fully saturated rings. The fourth-order valence-electron chi connectivity index (χ4n) is 1.96. The van der Waals surface area contributed by atoms with Gasteiger partial charge < -0.3 is 4.74 Å². The van der Waals surface area contributed by atoms with Gasteiger partial charge >= 0.3 is 0 Å². The van der Waals surface area contributed by atoms with E-state index in [9.17, 15) is 0 Å². The summed E-state index contributed by atoms with van der Waals surface area (Å²) < 4.78 is 5.23. The Hall–Kier alpha value is -0.150. The van der Waals surface area contributed by atoms with Crippen LogP contribution < -0.4 is 4.74 Å². The van der Waals surface area contributed by atoms with Crippen LogP contribution in [-0.2, 0) is 0 Å². The van der Waals surface area contributed by atoms with E-state index in [0.717, 1.165) is 11.1 Å². The summed E-state index contributed by atoms with van der Waals surface area (Å²) >= 11 is 5.41. The van der Waals surface area contributed by atoms with Gasteiger partial charge in [0, 0.05) is 10.2 Å². The van der Waals surface area contributed by atoms with Gasteiger partial charge in [0.25, 0.3) is 0 Å². The first-order chi connectivity index (χ1) is 9.36. The van der Waals surface area contributed by atoms with Gasteiger partial charge in [0.2, 0.25) is 0 Å². The molecule has 0 radical (unpaired) electrons. The van der Waals surface area contributed by atoms with Crippen LogP contribution in [0, 0.1) is 0 Å². The number of hydrogen-bond donors (Lipinski definition) is 0. The van der Waals surface area contributed by atoms with Crippen molar-refractivity contribution < 1.29 is 4.74 Å². The highest BCUT2D eigenvalue weighted by molar-refractivity contribution is 9.09. The van der Waals surface area contributed by atoms with Crippen molar-refractivity contribution in [2.75, 3.05) is 18.2 Å². The summed E-state index contributed by atoms with van der Waals surface area (Å²) in [4.78, 5) is 1.32. The molecular formula is C16H25BrOS. The topological polar surface area (TPSA) is 9.23 Å². The molecule has 108 valence electrons. The van der Waals surface area contributed by atoms with E-state index in [2.05, 4.69) is 34.1 Å². The summed E-state index contributed by atoms with van der Waals surface area (Å²) in [6, 6.07) is 8.33. The molecule has 1 rings (SSSR count). The van der Waals surface area contributed by atoms with Crippen molar-refractivity contribution in [1.82, 2.24) is 0 Å². The zero-order valence-corrected chi connectivity index (χ0v) is 14.3. The number of methoxy groups -OCH3 is 1. The Bertz CT molecular complexity index is 330. The van der Waals surface area contributed by atoms with E-state index < -0.39 is 0 Å². The van der Waals surface area contributed by atoms with Crippen molar-refractivity contribution in [1.29, 1.82) is 0 Å². The highest BCUT2D eigenvalue weighted by Crippen LogP contribution is 2.24. The van der Waals surface area contributed by atoms with Crippen molar-refractivity contribution >= 4 is 27.7 Å². The average molecular weight is 345 g/mol. The number of ether oxygens (including phenoxy) is 1. The van der Waals surface area contributed by atoms with E-state index >= 15 is 0 Å². The maximum absolute atomic E-state index is 5.23. The minimum atomic E-state index is 0.955. The Morgan fingerprint density at radius 1 is 1.00 bits per heavy atom. The van der Waals surface area contributed by atoms with Gasteiger partial charge in [-0.1, -0.05) is 54.1 Å². The Morgan fingerprint density at radius 3 is 2.37 bits per heavy atom. The standard InChI is InChI=1S/C16H25BrOS/c1-18-15-10-9-11-16(14-15)19-13-8-6-4-2-3-5-7-12-17/h9-11,14H,2-8,12-13H2,1H3. The van der Waals surface area contributed by atoms with Crippen molar-refractivity contribution in [2.24, 2.45) is 0 Å². The van der Waals surface area contributed by atoms with Crippen LogP contribution in [0.2, 0.25) is 0 Å². The number of unbranched alkanes of at least 4 members (excludes halogenated alkanes) is 6. The molecule has 0 saturated heterocycles. The molecule has 0 aliphatic heterocycles. The third-order valence-corrected chi connectivity index (χ3v) is 4.73. The summed E-state index contributed by atoms with van der Waals surface area (Å²) in [7, 11) is 1.72.